The van der Waals surface area contributed by atoms with Gasteiger partial charge in [0.1, 0.15) is 11.5 Å². The summed E-state index contributed by atoms with van der Waals surface area (Å²) in [6.45, 7) is 1.91. The Morgan fingerprint density at radius 3 is 2.63 bits per heavy atom. The lowest BCUT2D eigenvalue weighted by Gasteiger charge is -2.10. The Balaban J connectivity index is 2.26. The fourth-order valence-electron chi connectivity index (χ4n) is 1.69. The number of aliphatic hydroxyl groups is 1. The minimum Gasteiger partial charge on any atom is -0.456 e. The van der Waals surface area contributed by atoms with Crippen molar-refractivity contribution in [1.29, 1.82) is 5.26 Å². The Kier molecular flexibility index (Phi) is 4.06. The lowest BCUT2D eigenvalue weighted by atomic mass is 10.1. The molecule has 0 amide bonds. The predicted octanol–water partition coefficient (Wildman–Crippen LogP) is 3.80. The fraction of sp³-hybridized carbons (Fsp3) is 0.133. The topological polar surface area (TPSA) is 53.2 Å². The number of nitriles is 1. The Hall–Kier alpha value is -2.02. The summed E-state index contributed by atoms with van der Waals surface area (Å²) in [5, 5.41) is 18.3. The van der Waals surface area contributed by atoms with Crippen molar-refractivity contribution in [3.63, 3.8) is 0 Å². The number of nitrogens with zero attached hydrogens (tertiary/aromatic N) is 1. The lowest BCUT2D eigenvalue weighted by Crippen LogP contribution is -1.91. The number of rotatable bonds is 3. The van der Waals surface area contributed by atoms with Crippen LogP contribution in [-0.2, 0) is 6.61 Å². The van der Waals surface area contributed by atoms with Crippen LogP contribution in [0.2, 0.25) is 5.02 Å². The number of aryl methyl sites for hydroxylation is 1. The van der Waals surface area contributed by atoms with Gasteiger partial charge in [0, 0.05) is 0 Å². The molecule has 0 unspecified atom stereocenters. The minimum atomic E-state index is 0.00371. The quantitative estimate of drug-likeness (QED) is 0.925. The molecule has 0 saturated heterocycles. The summed E-state index contributed by atoms with van der Waals surface area (Å²) in [6, 6.07) is 12.3. The highest BCUT2D eigenvalue weighted by molar-refractivity contribution is 6.32. The third kappa shape index (κ3) is 3.05. The molecule has 2 aromatic rings. The first-order valence-electron chi connectivity index (χ1n) is 5.72. The molecule has 0 fully saturated rings. The van der Waals surface area contributed by atoms with E-state index >= 15 is 0 Å². The van der Waals surface area contributed by atoms with E-state index in [1.165, 1.54) is 0 Å². The standard InChI is InChI=1S/C15H12ClNO2/c1-10-6-13(4-3-12(10)9-18)19-15-5-2-11(8-17)7-14(15)16/h2-7,18H,9H2,1H3. The molecule has 0 aliphatic heterocycles. The maximum absolute atomic E-state index is 9.11. The second-order valence-corrected chi connectivity index (χ2v) is 4.51. The van der Waals surface area contributed by atoms with E-state index in [0.29, 0.717) is 22.1 Å². The highest BCUT2D eigenvalue weighted by Gasteiger charge is 2.06. The first-order valence-corrected chi connectivity index (χ1v) is 6.09. The van der Waals surface area contributed by atoms with Crippen LogP contribution in [0.4, 0.5) is 0 Å². The molecule has 0 aromatic heterocycles. The number of hydrogen-bond acceptors (Lipinski definition) is 3. The molecule has 0 bridgehead atoms. The van der Waals surface area contributed by atoms with Crippen molar-refractivity contribution in [1.82, 2.24) is 0 Å². The molecule has 0 saturated carbocycles. The second-order valence-electron chi connectivity index (χ2n) is 4.11. The van der Waals surface area contributed by atoms with Crippen LogP contribution in [0, 0.1) is 18.3 Å². The zero-order valence-corrected chi connectivity index (χ0v) is 11.1. The monoisotopic (exact) mass is 273 g/mol. The summed E-state index contributed by atoms with van der Waals surface area (Å²) >= 11 is 6.04. The van der Waals surface area contributed by atoms with Crippen LogP contribution >= 0.6 is 11.6 Å². The van der Waals surface area contributed by atoms with Crippen LogP contribution in [0.15, 0.2) is 36.4 Å². The van der Waals surface area contributed by atoms with Crippen molar-refractivity contribution in [2.24, 2.45) is 0 Å². The lowest BCUT2D eigenvalue weighted by molar-refractivity contribution is 0.281. The molecule has 0 aliphatic rings. The predicted molar refractivity (Wildman–Crippen MR) is 73.3 cm³/mol. The maximum Gasteiger partial charge on any atom is 0.146 e. The first kappa shape index (κ1) is 13.4. The summed E-state index contributed by atoms with van der Waals surface area (Å²) in [6.07, 6.45) is 0. The van der Waals surface area contributed by atoms with Gasteiger partial charge in [-0.25, -0.2) is 0 Å². The Morgan fingerprint density at radius 2 is 2.05 bits per heavy atom. The van der Waals surface area contributed by atoms with Crippen molar-refractivity contribution >= 4 is 11.6 Å². The molecule has 0 radical (unpaired) electrons. The van der Waals surface area contributed by atoms with E-state index in [1.807, 2.05) is 25.1 Å². The van der Waals surface area contributed by atoms with E-state index in [2.05, 4.69) is 0 Å². The van der Waals surface area contributed by atoms with Crippen LogP contribution in [0.1, 0.15) is 16.7 Å². The second kappa shape index (κ2) is 5.75. The van der Waals surface area contributed by atoms with E-state index in [-0.39, 0.29) is 6.61 Å². The fourth-order valence-corrected chi connectivity index (χ4v) is 1.91. The van der Waals surface area contributed by atoms with Crippen LogP contribution in [-0.4, -0.2) is 5.11 Å². The highest BCUT2D eigenvalue weighted by Crippen LogP contribution is 2.30. The molecule has 4 heteroatoms. The molecule has 0 spiro atoms. The third-order valence-electron chi connectivity index (χ3n) is 2.77. The van der Waals surface area contributed by atoms with Crippen molar-refractivity contribution in [2.45, 2.75) is 13.5 Å². The van der Waals surface area contributed by atoms with E-state index < -0.39 is 0 Å². The number of hydrogen-bond donors (Lipinski definition) is 1. The van der Waals surface area contributed by atoms with Crippen LogP contribution in [0.3, 0.4) is 0 Å². The van der Waals surface area contributed by atoms with E-state index in [1.54, 1.807) is 24.3 Å². The van der Waals surface area contributed by atoms with Crippen LogP contribution < -0.4 is 4.74 Å². The molecule has 2 aromatic carbocycles. The van der Waals surface area contributed by atoms with Gasteiger partial charge < -0.3 is 9.84 Å². The number of aliphatic hydroxyl groups excluding tert-OH is 1. The van der Waals surface area contributed by atoms with Crippen molar-refractivity contribution < 1.29 is 9.84 Å². The molecule has 1 N–H and O–H groups in total. The van der Waals surface area contributed by atoms with E-state index in [9.17, 15) is 0 Å². The first-order chi connectivity index (χ1) is 9.13. The largest absolute Gasteiger partial charge is 0.456 e. The van der Waals surface area contributed by atoms with Gasteiger partial charge in [-0.05, 0) is 48.4 Å². The SMILES string of the molecule is Cc1cc(Oc2ccc(C#N)cc2Cl)ccc1CO. The molecular weight excluding hydrogens is 262 g/mol. The number of benzene rings is 2. The van der Waals surface area contributed by atoms with Gasteiger partial charge >= 0.3 is 0 Å². The maximum atomic E-state index is 9.11. The zero-order chi connectivity index (χ0) is 13.8. The zero-order valence-electron chi connectivity index (χ0n) is 10.4. The molecule has 0 atom stereocenters. The molecule has 0 aliphatic carbocycles. The summed E-state index contributed by atoms with van der Waals surface area (Å²) < 4.78 is 5.67. The van der Waals surface area contributed by atoms with Crippen molar-refractivity contribution in [3.05, 3.63) is 58.1 Å². The summed E-state index contributed by atoms with van der Waals surface area (Å²) in [5.41, 5.74) is 2.30. The third-order valence-corrected chi connectivity index (χ3v) is 3.07. The normalized spacial score (nSPS) is 10.0. The molecule has 3 nitrogen and oxygen atoms in total. The van der Waals surface area contributed by atoms with Gasteiger partial charge in [0.15, 0.2) is 0 Å². The van der Waals surface area contributed by atoms with E-state index in [0.717, 1.165) is 11.1 Å². The Morgan fingerprint density at radius 1 is 1.26 bits per heavy atom. The van der Waals surface area contributed by atoms with Crippen LogP contribution in [0.25, 0.3) is 0 Å². The van der Waals surface area contributed by atoms with Crippen LogP contribution in [0.5, 0.6) is 11.5 Å². The Labute approximate surface area is 116 Å². The van der Waals surface area contributed by atoms with Crippen molar-refractivity contribution in [2.75, 3.05) is 0 Å². The Bertz CT molecular complexity index is 647. The smallest absolute Gasteiger partial charge is 0.146 e. The van der Waals surface area contributed by atoms with Crippen molar-refractivity contribution in [3.8, 4) is 17.6 Å². The van der Waals surface area contributed by atoms with Gasteiger partial charge in [0.05, 0.1) is 23.3 Å². The number of ether oxygens (including phenoxy) is 1. The molecule has 0 heterocycles. The van der Waals surface area contributed by atoms with Gasteiger partial charge in [-0.15, -0.1) is 0 Å². The highest BCUT2D eigenvalue weighted by atomic mass is 35.5. The average molecular weight is 274 g/mol. The van der Waals surface area contributed by atoms with Gasteiger partial charge in [0.25, 0.3) is 0 Å². The number of halogens is 1. The molecule has 2 rings (SSSR count). The summed E-state index contributed by atoms with van der Waals surface area (Å²) in [4.78, 5) is 0. The van der Waals surface area contributed by atoms with E-state index in [4.69, 9.17) is 26.7 Å². The van der Waals surface area contributed by atoms with Gasteiger partial charge in [-0.2, -0.15) is 5.26 Å². The molecule has 19 heavy (non-hydrogen) atoms. The summed E-state index contributed by atoms with van der Waals surface area (Å²) in [7, 11) is 0. The summed E-state index contributed by atoms with van der Waals surface area (Å²) in [5.74, 6) is 1.14. The van der Waals surface area contributed by atoms with Gasteiger partial charge in [-0.3, -0.25) is 0 Å². The molecule has 96 valence electrons. The van der Waals surface area contributed by atoms with Gasteiger partial charge in [0.2, 0.25) is 0 Å². The average Bonchev–Trinajstić information content (AvgIpc) is 2.41. The minimum absolute atomic E-state index is 0.00371. The van der Waals surface area contributed by atoms with Gasteiger partial charge in [-0.1, -0.05) is 17.7 Å². The molecular formula is C15H12ClNO2.